The van der Waals surface area contributed by atoms with Crippen molar-refractivity contribution in [2.75, 3.05) is 13.1 Å². The molecule has 0 radical (unpaired) electrons. The molecule has 70 valence electrons. The molecule has 0 aromatic carbocycles. The van der Waals surface area contributed by atoms with E-state index in [1.807, 2.05) is 13.8 Å². The van der Waals surface area contributed by atoms with E-state index in [-0.39, 0.29) is 11.3 Å². The topological polar surface area (TPSA) is 55.1 Å². The zero-order valence-corrected chi connectivity index (χ0v) is 7.89. The number of hydrogen-bond donors (Lipinski definition) is 2. The van der Waals surface area contributed by atoms with Crippen LogP contribution in [0.2, 0.25) is 0 Å². The SMILES string of the molecule is C=CCNC(=O)CC(C)(C)CN. The molecular formula is C9H18N2O. The zero-order valence-electron chi connectivity index (χ0n) is 7.89. The number of rotatable bonds is 5. The molecule has 0 saturated carbocycles. The molecule has 0 aromatic rings. The Hall–Kier alpha value is -0.830. The lowest BCUT2D eigenvalue weighted by molar-refractivity contribution is -0.122. The highest BCUT2D eigenvalue weighted by Crippen LogP contribution is 2.17. The van der Waals surface area contributed by atoms with Crippen molar-refractivity contribution in [1.29, 1.82) is 0 Å². The molecule has 0 heterocycles. The van der Waals surface area contributed by atoms with Crippen LogP contribution >= 0.6 is 0 Å². The molecule has 0 aliphatic rings. The lowest BCUT2D eigenvalue weighted by Crippen LogP contribution is -2.33. The molecule has 3 heteroatoms. The highest BCUT2D eigenvalue weighted by molar-refractivity contribution is 5.76. The van der Waals surface area contributed by atoms with Crippen LogP contribution in [0.1, 0.15) is 20.3 Å². The fraction of sp³-hybridized carbons (Fsp3) is 0.667. The third-order valence-corrected chi connectivity index (χ3v) is 1.64. The van der Waals surface area contributed by atoms with Gasteiger partial charge in [-0.15, -0.1) is 6.58 Å². The first-order valence-electron chi connectivity index (χ1n) is 4.09. The van der Waals surface area contributed by atoms with Gasteiger partial charge in [0.2, 0.25) is 5.91 Å². The van der Waals surface area contributed by atoms with Crippen molar-refractivity contribution in [2.24, 2.45) is 11.1 Å². The van der Waals surface area contributed by atoms with Crippen LogP contribution in [-0.2, 0) is 4.79 Å². The second kappa shape index (κ2) is 4.93. The Morgan fingerprint density at radius 2 is 2.25 bits per heavy atom. The summed E-state index contributed by atoms with van der Waals surface area (Å²) in [6.07, 6.45) is 2.13. The lowest BCUT2D eigenvalue weighted by Gasteiger charge is -2.20. The molecule has 0 aliphatic heterocycles. The van der Waals surface area contributed by atoms with Gasteiger partial charge in [0, 0.05) is 13.0 Å². The minimum absolute atomic E-state index is 0.0327. The quantitative estimate of drug-likeness (QED) is 0.596. The predicted molar refractivity (Wildman–Crippen MR) is 50.7 cm³/mol. The molecule has 12 heavy (non-hydrogen) atoms. The van der Waals surface area contributed by atoms with Crippen LogP contribution in [-0.4, -0.2) is 19.0 Å². The standard InChI is InChI=1S/C9H18N2O/c1-4-5-11-8(12)6-9(2,3)7-10/h4H,1,5-7,10H2,2-3H3,(H,11,12). The molecule has 0 saturated heterocycles. The zero-order chi connectivity index (χ0) is 9.61. The summed E-state index contributed by atoms with van der Waals surface area (Å²) in [5.41, 5.74) is 5.38. The number of amides is 1. The summed E-state index contributed by atoms with van der Waals surface area (Å²) in [5.74, 6) is 0.0327. The molecular weight excluding hydrogens is 152 g/mol. The Morgan fingerprint density at radius 3 is 2.67 bits per heavy atom. The van der Waals surface area contributed by atoms with E-state index in [4.69, 9.17) is 5.73 Å². The van der Waals surface area contributed by atoms with Crippen molar-refractivity contribution < 1.29 is 4.79 Å². The summed E-state index contributed by atoms with van der Waals surface area (Å²) in [6.45, 7) is 8.50. The normalized spacial score (nSPS) is 10.9. The number of carbonyl (C=O) groups is 1. The number of nitrogens with one attached hydrogen (secondary N) is 1. The van der Waals surface area contributed by atoms with Gasteiger partial charge in [-0.3, -0.25) is 4.79 Å². The van der Waals surface area contributed by atoms with Crippen molar-refractivity contribution >= 4 is 5.91 Å². The summed E-state index contributed by atoms with van der Waals surface area (Å²) in [7, 11) is 0. The van der Waals surface area contributed by atoms with E-state index >= 15 is 0 Å². The van der Waals surface area contributed by atoms with Gasteiger partial charge < -0.3 is 11.1 Å². The van der Waals surface area contributed by atoms with Crippen molar-refractivity contribution in [3.05, 3.63) is 12.7 Å². The average Bonchev–Trinajstić information content (AvgIpc) is 2.00. The Kier molecular flexibility index (Phi) is 4.59. The molecule has 0 bridgehead atoms. The van der Waals surface area contributed by atoms with Crippen molar-refractivity contribution in [3.63, 3.8) is 0 Å². The van der Waals surface area contributed by atoms with Crippen molar-refractivity contribution in [2.45, 2.75) is 20.3 Å². The molecule has 3 nitrogen and oxygen atoms in total. The van der Waals surface area contributed by atoms with Crippen molar-refractivity contribution in [1.82, 2.24) is 5.32 Å². The van der Waals surface area contributed by atoms with Gasteiger partial charge in [0.25, 0.3) is 0 Å². The Morgan fingerprint density at radius 1 is 1.67 bits per heavy atom. The van der Waals surface area contributed by atoms with E-state index in [9.17, 15) is 4.79 Å². The van der Waals surface area contributed by atoms with Gasteiger partial charge in [0.1, 0.15) is 0 Å². The first-order valence-corrected chi connectivity index (χ1v) is 4.09. The molecule has 0 fully saturated rings. The second-order valence-electron chi connectivity index (χ2n) is 3.64. The fourth-order valence-electron chi connectivity index (χ4n) is 0.755. The molecule has 3 N–H and O–H groups in total. The highest BCUT2D eigenvalue weighted by Gasteiger charge is 2.19. The van der Waals surface area contributed by atoms with Crippen LogP contribution < -0.4 is 11.1 Å². The predicted octanol–water partition coefficient (Wildman–Crippen LogP) is 0.664. The average molecular weight is 170 g/mol. The summed E-state index contributed by atoms with van der Waals surface area (Å²) >= 11 is 0. The van der Waals surface area contributed by atoms with Crippen LogP contribution in [0, 0.1) is 5.41 Å². The molecule has 1 amide bonds. The first-order chi connectivity index (χ1) is 5.52. The molecule has 0 unspecified atom stereocenters. The minimum Gasteiger partial charge on any atom is -0.353 e. The Labute approximate surface area is 74.0 Å². The highest BCUT2D eigenvalue weighted by atomic mass is 16.1. The van der Waals surface area contributed by atoms with E-state index in [0.29, 0.717) is 19.5 Å². The Balaban J connectivity index is 3.75. The van der Waals surface area contributed by atoms with Gasteiger partial charge in [-0.1, -0.05) is 19.9 Å². The summed E-state index contributed by atoms with van der Waals surface area (Å²) < 4.78 is 0. The van der Waals surface area contributed by atoms with Gasteiger partial charge in [-0.25, -0.2) is 0 Å². The van der Waals surface area contributed by atoms with E-state index in [0.717, 1.165) is 0 Å². The van der Waals surface area contributed by atoms with Gasteiger partial charge >= 0.3 is 0 Å². The van der Waals surface area contributed by atoms with Crippen LogP contribution in [0.4, 0.5) is 0 Å². The minimum atomic E-state index is -0.106. The smallest absolute Gasteiger partial charge is 0.220 e. The van der Waals surface area contributed by atoms with E-state index in [1.165, 1.54) is 0 Å². The van der Waals surface area contributed by atoms with Gasteiger partial charge in [-0.05, 0) is 12.0 Å². The lowest BCUT2D eigenvalue weighted by atomic mass is 9.89. The third kappa shape index (κ3) is 4.91. The number of nitrogens with two attached hydrogens (primary N) is 1. The van der Waals surface area contributed by atoms with E-state index in [2.05, 4.69) is 11.9 Å². The van der Waals surface area contributed by atoms with Crippen LogP contribution in [0.3, 0.4) is 0 Å². The molecule has 0 rings (SSSR count). The fourth-order valence-corrected chi connectivity index (χ4v) is 0.755. The van der Waals surface area contributed by atoms with Crippen LogP contribution in [0.5, 0.6) is 0 Å². The van der Waals surface area contributed by atoms with Gasteiger partial charge in [0.05, 0.1) is 0 Å². The van der Waals surface area contributed by atoms with Gasteiger partial charge in [0.15, 0.2) is 0 Å². The summed E-state index contributed by atoms with van der Waals surface area (Å²) in [6, 6.07) is 0. The van der Waals surface area contributed by atoms with E-state index in [1.54, 1.807) is 6.08 Å². The van der Waals surface area contributed by atoms with E-state index < -0.39 is 0 Å². The second-order valence-corrected chi connectivity index (χ2v) is 3.64. The summed E-state index contributed by atoms with van der Waals surface area (Å²) in [4.78, 5) is 11.2. The maximum atomic E-state index is 11.2. The monoisotopic (exact) mass is 170 g/mol. The molecule has 0 aromatic heterocycles. The third-order valence-electron chi connectivity index (χ3n) is 1.64. The van der Waals surface area contributed by atoms with Gasteiger partial charge in [-0.2, -0.15) is 0 Å². The maximum absolute atomic E-state index is 11.2. The maximum Gasteiger partial charge on any atom is 0.220 e. The largest absolute Gasteiger partial charge is 0.353 e. The molecule has 0 spiro atoms. The number of carbonyl (C=O) groups excluding carboxylic acids is 1. The van der Waals surface area contributed by atoms with Crippen LogP contribution in [0.25, 0.3) is 0 Å². The first kappa shape index (κ1) is 11.2. The molecule has 0 aliphatic carbocycles. The molecule has 0 atom stereocenters. The summed E-state index contributed by atoms with van der Waals surface area (Å²) in [5, 5.41) is 2.71. The number of hydrogen-bond acceptors (Lipinski definition) is 2. The Bertz CT molecular complexity index is 164. The van der Waals surface area contributed by atoms with Crippen molar-refractivity contribution in [3.8, 4) is 0 Å². The van der Waals surface area contributed by atoms with Crippen LogP contribution in [0.15, 0.2) is 12.7 Å².